The molecule has 3 rings (SSSR count). The predicted octanol–water partition coefficient (Wildman–Crippen LogP) is 1.39. The van der Waals surface area contributed by atoms with Gasteiger partial charge in [-0.15, -0.1) is 12.4 Å². The van der Waals surface area contributed by atoms with Crippen LogP contribution >= 0.6 is 12.4 Å². The fourth-order valence-corrected chi connectivity index (χ4v) is 3.89. The predicted molar refractivity (Wildman–Crippen MR) is 80.4 cm³/mol. The van der Waals surface area contributed by atoms with Crippen molar-refractivity contribution in [2.45, 2.75) is 42.7 Å². The molecule has 8 heteroatoms. The van der Waals surface area contributed by atoms with Crippen LogP contribution in [0.4, 0.5) is 0 Å². The van der Waals surface area contributed by atoms with E-state index in [2.05, 4.69) is 4.72 Å². The van der Waals surface area contributed by atoms with Gasteiger partial charge in [-0.3, -0.25) is 0 Å². The Hall–Kier alpha value is -1.02. The highest BCUT2D eigenvalue weighted by Crippen LogP contribution is 2.34. The third-order valence-electron chi connectivity index (χ3n) is 3.75. The molecule has 21 heavy (non-hydrogen) atoms. The van der Waals surface area contributed by atoms with Crippen LogP contribution in [0.3, 0.4) is 0 Å². The number of ether oxygens (including phenoxy) is 2. The molecule has 0 amide bonds. The Morgan fingerprint density at radius 2 is 1.76 bits per heavy atom. The topological polar surface area (TPSA) is 90.7 Å². The molecule has 1 fully saturated rings. The molecule has 0 radical (unpaired) electrons. The SMILES string of the molecule is Cl.NC1CCC(NS(=O)(=O)c2ccc3c(c2)OCO3)CC1. The van der Waals surface area contributed by atoms with Gasteiger partial charge in [0.1, 0.15) is 0 Å². The first-order valence-corrected chi connectivity index (χ1v) is 8.20. The molecule has 3 N–H and O–H groups in total. The molecule has 0 unspecified atom stereocenters. The summed E-state index contributed by atoms with van der Waals surface area (Å²) in [5.41, 5.74) is 5.83. The first kappa shape index (κ1) is 16.4. The van der Waals surface area contributed by atoms with Crippen molar-refractivity contribution >= 4 is 22.4 Å². The first-order chi connectivity index (χ1) is 9.54. The van der Waals surface area contributed by atoms with Gasteiger partial charge in [-0.05, 0) is 37.8 Å². The summed E-state index contributed by atoms with van der Waals surface area (Å²) in [6.45, 7) is 0.132. The van der Waals surface area contributed by atoms with Crippen molar-refractivity contribution in [2.24, 2.45) is 5.73 Å². The number of halogens is 1. The minimum absolute atomic E-state index is 0. The normalized spacial score (nSPS) is 24.4. The number of rotatable bonds is 3. The molecule has 1 heterocycles. The van der Waals surface area contributed by atoms with Gasteiger partial charge in [0.05, 0.1) is 4.90 Å². The lowest BCUT2D eigenvalue weighted by atomic mass is 9.93. The van der Waals surface area contributed by atoms with Crippen molar-refractivity contribution < 1.29 is 17.9 Å². The van der Waals surface area contributed by atoms with Crippen LogP contribution in [0.25, 0.3) is 0 Å². The number of nitrogens with one attached hydrogen (secondary N) is 1. The molecule has 1 aliphatic carbocycles. The van der Waals surface area contributed by atoms with E-state index >= 15 is 0 Å². The summed E-state index contributed by atoms with van der Waals surface area (Å²) in [6.07, 6.45) is 3.28. The van der Waals surface area contributed by atoms with E-state index in [1.807, 2.05) is 0 Å². The maximum absolute atomic E-state index is 12.3. The highest BCUT2D eigenvalue weighted by Gasteiger charge is 2.25. The van der Waals surface area contributed by atoms with E-state index in [0.717, 1.165) is 25.7 Å². The molecule has 1 aliphatic heterocycles. The largest absolute Gasteiger partial charge is 0.454 e. The van der Waals surface area contributed by atoms with E-state index in [1.165, 1.54) is 12.1 Å². The Labute approximate surface area is 130 Å². The third kappa shape index (κ3) is 3.60. The molecule has 1 aromatic rings. The fraction of sp³-hybridized carbons (Fsp3) is 0.538. The van der Waals surface area contributed by atoms with Crippen LogP contribution < -0.4 is 19.9 Å². The van der Waals surface area contributed by atoms with Gasteiger partial charge < -0.3 is 15.2 Å². The van der Waals surface area contributed by atoms with Gasteiger partial charge in [0.25, 0.3) is 0 Å². The van der Waals surface area contributed by atoms with Crippen molar-refractivity contribution in [3.63, 3.8) is 0 Å². The highest BCUT2D eigenvalue weighted by atomic mass is 35.5. The van der Waals surface area contributed by atoms with Gasteiger partial charge in [-0.2, -0.15) is 0 Å². The van der Waals surface area contributed by atoms with E-state index in [-0.39, 0.29) is 36.2 Å². The summed E-state index contributed by atoms with van der Waals surface area (Å²) in [5.74, 6) is 1.05. The lowest BCUT2D eigenvalue weighted by Gasteiger charge is -2.26. The van der Waals surface area contributed by atoms with Gasteiger partial charge in [-0.1, -0.05) is 0 Å². The quantitative estimate of drug-likeness (QED) is 0.871. The van der Waals surface area contributed by atoms with Crippen LogP contribution in [0.1, 0.15) is 25.7 Å². The summed E-state index contributed by atoms with van der Waals surface area (Å²) in [4.78, 5) is 0.205. The summed E-state index contributed by atoms with van der Waals surface area (Å²) >= 11 is 0. The smallest absolute Gasteiger partial charge is 0.240 e. The van der Waals surface area contributed by atoms with Gasteiger partial charge in [0.2, 0.25) is 16.8 Å². The average molecular weight is 335 g/mol. The van der Waals surface area contributed by atoms with Crippen LogP contribution in [0.5, 0.6) is 11.5 Å². The zero-order valence-corrected chi connectivity index (χ0v) is 13.1. The molecular formula is C13H19ClN2O4S. The second-order valence-electron chi connectivity index (χ2n) is 5.25. The zero-order chi connectivity index (χ0) is 14.2. The molecule has 0 spiro atoms. The van der Waals surface area contributed by atoms with Crippen LogP contribution in [-0.4, -0.2) is 27.3 Å². The van der Waals surface area contributed by atoms with E-state index in [4.69, 9.17) is 15.2 Å². The molecule has 6 nitrogen and oxygen atoms in total. The molecule has 0 atom stereocenters. The second kappa shape index (κ2) is 6.39. The van der Waals surface area contributed by atoms with Gasteiger partial charge in [0, 0.05) is 18.2 Å². The van der Waals surface area contributed by atoms with E-state index < -0.39 is 10.0 Å². The maximum Gasteiger partial charge on any atom is 0.240 e. The number of nitrogens with two attached hydrogens (primary N) is 1. The Bertz CT molecular complexity index is 600. The van der Waals surface area contributed by atoms with Gasteiger partial charge in [0.15, 0.2) is 11.5 Å². The molecule has 118 valence electrons. The Kier molecular flexibility index (Phi) is 4.98. The standard InChI is InChI=1S/C13H18N2O4S.ClH/c14-9-1-3-10(4-2-9)15-20(16,17)11-5-6-12-13(7-11)19-8-18-12;/h5-7,9-10,15H,1-4,8,14H2;1H. The van der Waals surface area contributed by atoms with Crippen molar-refractivity contribution in [1.82, 2.24) is 4.72 Å². The number of hydrogen-bond donors (Lipinski definition) is 2. The molecular weight excluding hydrogens is 316 g/mol. The number of fused-ring (bicyclic) bond motifs is 1. The first-order valence-electron chi connectivity index (χ1n) is 6.72. The lowest BCUT2D eigenvalue weighted by molar-refractivity contribution is 0.174. The van der Waals surface area contributed by atoms with E-state index in [0.29, 0.717) is 11.5 Å². The van der Waals surface area contributed by atoms with E-state index in [9.17, 15) is 8.42 Å². The lowest BCUT2D eigenvalue weighted by Crippen LogP contribution is -2.40. The molecule has 0 aromatic heterocycles. The second-order valence-corrected chi connectivity index (χ2v) is 6.96. The number of benzene rings is 1. The Morgan fingerprint density at radius 1 is 1.10 bits per heavy atom. The van der Waals surface area contributed by atoms with Crippen molar-refractivity contribution in [3.8, 4) is 11.5 Å². The highest BCUT2D eigenvalue weighted by molar-refractivity contribution is 7.89. The van der Waals surface area contributed by atoms with Crippen LogP contribution in [0, 0.1) is 0 Å². The minimum atomic E-state index is -3.53. The van der Waals surface area contributed by atoms with Crippen molar-refractivity contribution in [3.05, 3.63) is 18.2 Å². The third-order valence-corrected chi connectivity index (χ3v) is 5.27. The van der Waals surface area contributed by atoms with Crippen molar-refractivity contribution in [1.29, 1.82) is 0 Å². The Morgan fingerprint density at radius 3 is 2.48 bits per heavy atom. The molecule has 1 saturated carbocycles. The van der Waals surface area contributed by atoms with Crippen LogP contribution in [0.15, 0.2) is 23.1 Å². The molecule has 0 bridgehead atoms. The van der Waals surface area contributed by atoms with Crippen LogP contribution in [0.2, 0.25) is 0 Å². The zero-order valence-electron chi connectivity index (χ0n) is 11.4. The van der Waals surface area contributed by atoms with Gasteiger partial charge >= 0.3 is 0 Å². The maximum atomic E-state index is 12.3. The fourth-order valence-electron chi connectivity index (χ4n) is 2.57. The molecule has 2 aliphatic rings. The summed E-state index contributed by atoms with van der Waals surface area (Å²) in [5, 5.41) is 0. The summed E-state index contributed by atoms with van der Waals surface area (Å²) in [6, 6.07) is 4.81. The summed E-state index contributed by atoms with van der Waals surface area (Å²) in [7, 11) is -3.53. The molecule has 0 saturated heterocycles. The van der Waals surface area contributed by atoms with Gasteiger partial charge in [-0.25, -0.2) is 13.1 Å². The monoisotopic (exact) mass is 334 g/mol. The molecule has 1 aromatic carbocycles. The average Bonchev–Trinajstić information content (AvgIpc) is 2.88. The number of sulfonamides is 1. The minimum Gasteiger partial charge on any atom is -0.454 e. The summed E-state index contributed by atoms with van der Waals surface area (Å²) < 4.78 is 37.8. The van der Waals surface area contributed by atoms with Crippen LogP contribution in [-0.2, 0) is 10.0 Å². The number of hydrogen-bond acceptors (Lipinski definition) is 5. The van der Waals surface area contributed by atoms with Crippen molar-refractivity contribution in [2.75, 3.05) is 6.79 Å². The van der Waals surface area contributed by atoms with E-state index in [1.54, 1.807) is 6.07 Å². The Balaban J connectivity index is 0.00000161.